The van der Waals surface area contributed by atoms with Gasteiger partial charge in [0.2, 0.25) is 11.8 Å². The monoisotopic (exact) mass is 389 g/mol. The molecule has 4 rings (SSSR count). The van der Waals surface area contributed by atoms with Gasteiger partial charge in [-0.05, 0) is 35.6 Å². The maximum absolute atomic E-state index is 13.1. The van der Waals surface area contributed by atoms with Gasteiger partial charge < -0.3 is 15.2 Å². The van der Waals surface area contributed by atoms with Crippen LogP contribution in [0.2, 0.25) is 0 Å². The van der Waals surface area contributed by atoms with E-state index in [9.17, 15) is 9.59 Å². The van der Waals surface area contributed by atoms with Gasteiger partial charge in [-0.3, -0.25) is 9.59 Å². The lowest BCUT2D eigenvalue weighted by molar-refractivity contribution is -0.133. The van der Waals surface area contributed by atoms with Crippen molar-refractivity contribution >= 4 is 22.7 Å². The second-order valence-corrected chi connectivity index (χ2v) is 7.63. The number of aromatic nitrogens is 1. The van der Waals surface area contributed by atoms with E-state index in [1.807, 2.05) is 11.0 Å². The molecular weight excluding hydrogens is 362 g/mol. The molecule has 29 heavy (non-hydrogen) atoms. The molecule has 5 nitrogen and oxygen atoms in total. The summed E-state index contributed by atoms with van der Waals surface area (Å²) in [4.78, 5) is 29.8. The summed E-state index contributed by atoms with van der Waals surface area (Å²) in [5.74, 6) is -0.0475. The summed E-state index contributed by atoms with van der Waals surface area (Å²) in [6.45, 7) is 4.66. The largest absolute Gasteiger partial charge is 0.356 e. The van der Waals surface area contributed by atoms with Gasteiger partial charge in [-0.2, -0.15) is 0 Å². The molecule has 3 aromatic rings. The lowest BCUT2D eigenvalue weighted by Gasteiger charge is -2.36. The number of carbonyl (C=O) groups excluding carboxylic acids is 2. The van der Waals surface area contributed by atoms with Gasteiger partial charge in [0.15, 0.2) is 0 Å². The normalized spacial score (nSPS) is 15.9. The SMILES string of the molecule is CCc1ccc([C@H]2c3[nH]c4ccccc4c3CCN2C(=O)CCNC(C)=O)cc1. The summed E-state index contributed by atoms with van der Waals surface area (Å²) in [6, 6.07) is 16.8. The molecule has 0 fully saturated rings. The summed E-state index contributed by atoms with van der Waals surface area (Å²) < 4.78 is 0. The smallest absolute Gasteiger partial charge is 0.225 e. The molecule has 0 bridgehead atoms. The van der Waals surface area contributed by atoms with Gasteiger partial charge in [0.25, 0.3) is 0 Å². The third-order valence-corrected chi connectivity index (χ3v) is 5.77. The van der Waals surface area contributed by atoms with Gasteiger partial charge in [0.05, 0.1) is 6.04 Å². The van der Waals surface area contributed by atoms with Crippen molar-refractivity contribution in [2.75, 3.05) is 13.1 Å². The van der Waals surface area contributed by atoms with Crippen LogP contribution in [0.15, 0.2) is 48.5 Å². The Kier molecular flexibility index (Phi) is 5.38. The molecule has 2 N–H and O–H groups in total. The molecule has 0 saturated heterocycles. The van der Waals surface area contributed by atoms with E-state index in [2.05, 4.69) is 59.7 Å². The van der Waals surface area contributed by atoms with Crippen LogP contribution in [0.1, 0.15) is 48.7 Å². The Labute approximate surface area is 171 Å². The van der Waals surface area contributed by atoms with Crippen LogP contribution in [0, 0.1) is 0 Å². The summed E-state index contributed by atoms with van der Waals surface area (Å²) in [6.07, 6.45) is 2.12. The molecule has 2 amide bonds. The van der Waals surface area contributed by atoms with Crippen LogP contribution < -0.4 is 5.32 Å². The topological polar surface area (TPSA) is 65.2 Å². The van der Waals surface area contributed by atoms with Crippen molar-refractivity contribution in [1.82, 2.24) is 15.2 Å². The lowest BCUT2D eigenvalue weighted by Crippen LogP contribution is -2.41. The van der Waals surface area contributed by atoms with Crippen LogP contribution in [-0.2, 0) is 22.4 Å². The van der Waals surface area contributed by atoms with Crippen LogP contribution in [-0.4, -0.2) is 34.8 Å². The average molecular weight is 389 g/mol. The van der Waals surface area contributed by atoms with Gasteiger partial charge in [0.1, 0.15) is 0 Å². The Morgan fingerprint density at radius 3 is 2.62 bits per heavy atom. The zero-order chi connectivity index (χ0) is 20.4. The number of fused-ring (bicyclic) bond motifs is 3. The van der Waals surface area contributed by atoms with Crippen molar-refractivity contribution < 1.29 is 9.59 Å². The minimum Gasteiger partial charge on any atom is -0.356 e. The molecule has 2 aromatic carbocycles. The quantitative estimate of drug-likeness (QED) is 0.698. The molecule has 0 saturated carbocycles. The maximum atomic E-state index is 13.1. The number of nitrogens with one attached hydrogen (secondary N) is 2. The molecule has 5 heteroatoms. The number of aryl methyl sites for hydroxylation is 1. The van der Waals surface area contributed by atoms with Crippen molar-refractivity contribution in [2.45, 2.75) is 39.2 Å². The Morgan fingerprint density at radius 2 is 1.90 bits per heavy atom. The van der Waals surface area contributed by atoms with Crippen LogP contribution >= 0.6 is 0 Å². The molecule has 1 atom stereocenters. The van der Waals surface area contributed by atoms with E-state index in [0.717, 1.165) is 29.6 Å². The van der Waals surface area contributed by atoms with Crippen molar-refractivity contribution in [3.63, 3.8) is 0 Å². The first-order chi connectivity index (χ1) is 14.1. The van der Waals surface area contributed by atoms with Gasteiger partial charge >= 0.3 is 0 Å². The first-order valence-corrected chi connectivity index (χ1v) is 10.3. The zero-order valence-corrected chi connectivity index (χ0v) is 17.0. The third-order valence-electron chi connectivity index (χ3n) is 5.77. The molecule has 0 unspecified atom stereocenters. The molecule has 0 radical (unpaired) electrons. The molecule has 0 spiro atoms. The first kappa shape index (κ1) is 19.2. The fourth-order valence-electron chi connectivity index (χ4n) is 4.28. The molecule has 1 aliphatic rings. The number of amides is 2. The van der Waals surface area contributed by atoms with E-state index in [-0.39, 0.29) is 17.9 Å². The van der Waals surface area contributed by atoms with Crippen LogP contribution in [0.25, 0.3) is 10.9 Å². The highest BCUT2D eigenvalue weighted by molar-refractivity contribution is 5.86. The highest BCUT2D eigenvalue weighted by Gasteiger charge is 2.34. The minimum atomic E-state index is -0.137. The Bertz CT molecular complexity index is 1040. The third kappa shape index (κ3) is 3.77. The zero-order valence-electron chi connectivity index (χ0n) is 17.0. The average Bonchev–Trinajstić information content (AvgIpc) is 3.11. The van der Waals surface area contributed by atoms with Gasteiger partial charge in [-0.15, -0.1) is 0 Å². The summed E-state index contributed by atoms with van der Waals surface area (Å²) in [5.41, 5.74) is 5.92. The number of hydrogen-bond donors (Lipinski definition) is 2. The second kappa shape index (κ2) is 8.11. The Hall–Kier alpha value is -3.08. The van der Waals surface area contributed by atoms with Gasteiger partial charge in [-0.25, -0.2) is 0 Å². The van der Waals surface area contributed by atoms with E-state index in [4.69, 9.17) is 0 Å². The number of rotatable bonds is 5. The van der Waals surface area contributed by atoms with Crippen LogP contribution in [0.4, 0.5) is 0 Å². The van der Waals surface area contributed by atoms with Crippen molar-refractivity contribution in [3.8, 4) is 0 Å². The summed E-state index contributed by atoms with van der Waals surface area (Å²) in [7, 11) is 0. The van der Waals surface area contributed by atoms with Crippen molar-refractivity contribution in [1.29, 1.82) is 0 Å². The molecule has 1 aromatic heterocycles. The summed E-state index contributed by atoms with van der Waals surface area (Å²) in [5, 5.41) is 3.97. The Morgan fingerprint density at radius 1 is 1.14 bits per heavy atom. The predicted octanol–water partition coefficient (Wildman–Crippen LogP) is 3.73. The number of nitrogens with zero attached hydrogens (tertiary/aromatic N) is 1. The lowest BCUT2D eigenvalue weighted by atomic mass is 9.91. The minimum absolute atomic E-state index is 0.0626. The predicted molar refractivity (Wildman–Crippen MR) is 115 cm³/mol. The molecule has 150 valence electrons. The van der Waals surface area contributed by atoms with E-state index >= 15 is 0 Å². The number of benzene rings is 2. The first-order valence-electron chi connectivity index (χ1n) is 10.3. The fraction of sp³-hybridized carbons (Fsp3) is 0.333. The number of hydrogen-bond acceptors (Lipinski definition) is 2. The van der Waals surface area contributed by atoms with Crippen LogP contribution in [0.3, 0.4) is 0 Å². The van der Waals surface area contributed by atoms with E-state index in [0.29, 0.717) is 19.5 Å². The second-order valence-electron chi connectivity index (χ2n) is 7.63. The van der Waals surface area contributed by atoms with Gasteiger partial charge in [0, 0.05) is 43.0 Å². The number of aromatic amines is 1. The van der Waals surface area contributed by atoms with E-state index in [1.54, 1.807) is 0 Å². The van der Waals surface area contributed by atoms with E-state index in [1.165, 1.54) is 23.4 Å². The number of H-pyrrole nitrogens is 1. The standard InChI is InChI=1S/C24H27N3O2/c1-3-17-8-10-18(11-9-17)24-23-20(19-6-4-5-7-21(19)26-23)13-15-27(24)22(29)12-14-25-16(2)28/h4-11,24,26H,3,12-15H2,1-2H3,(H,25,28)/t24-/m0/s1. The van der Waals surface area contributed by atoms with E-state index < -0.39 is 0 Å². The van der Waals surface area contributed by atoms with Crippen molar-refractivity contribution in [2.24, 2.45) is 0 Å². The summed E-state index contributed by atoms with van der Waals surface area (Å²) >= 11 is 0. The van der Waals surface area contributed by atoms with Crippen LogP contribution in [0.5, 0.6) is 0 Å². The highest BCUT2D eigenvalue weighted by atomic mass is 16.2. The fourth-order valence-corrected chi connectivity index (χ4v) is 4.28. The molecule has 1 aliphatic heterocycles. The Balaban J connectivity index is 1.72. The number of para-hydroxylation sites is 1. The van der Waals surface area contributed by atoms with Crippen molar-refractivity contribution in [3.05, 3.63) is 70.9 Å². The number of carbonyl (C=O) groups is 2. The maximum Gasteiger partial charge on any atom is 0.225 e. The molecule has 2 heterocycles. The highest BCUT2D eigenvalue weighted by Crippen LogP contribution is 2.38. The van der Waals surface area contributed by atoms with Gasteiger partial charge in [-0.1, -0.05) is 49.4 Å². The molecular formula is C24H27N3O2. The molecule has 0 aliphatic carbocycles.